The first-order chi connectivity index (χ1) is 30.2. The number of benzene rings is 10. The van der Waals surface area contributed by atoms with Gasteiger partial charge in [-0.05, 0) is 132 Å². The average molecular weight is 794 g/mol. The van der Waals surface area contributed by atoms with Gasteiger partial charge in [0.2, 0.25) is 0 Å². The summed E-state index contributed by atoms with van der Waals surface area (Å²) in [5, 5.41) is 2.57. The zero-order valence-corrected chi connectivity index (χ0v) is 34.2. The van der Waals surface area contributed by atoms with Crippen molar-refractivity contribution in [3.05, 3.63) is 259 Å². The molecule has 0 unspecified atom stereocenters. The van der Waals surface area contributed by atoms with Crippen LogP contribution in [0, 0.1) is 0 Å². The molecule has 1 aliphatic carbocycles. The van der Waals surface area contributed by atoms with Crippen LogP contribution < -0.4 is 4.90 Å². The molecule has 0 amide bonds. The number of anilines is 3. The summed E-state index contributed by atoms with van der Waals surface area (Å²) in [5.74, 6) is 0. The van der Waals surface area contributed by atoms with Gasteiger partial charge in [-0.1, -0.05) is 194 Å². The van der Waals surface area contributed by atoms with Gasteiger partial charge in [0, 0.05) is 26.9 Å². The van der Waals surface area contributed by atoms with Gasteiger partial charge in [-0.15, -0.1) is 0 Å². The van der Waals surface area contributed by atoms with Crippen LogP contribution in [0.1, 0.15) is 22.3 Å². The van der Waals surface area contributed by atoms with Crippen molar-refractivity contribution in [2.75, 3.05) is 4.90 Å². The third kappa shape index (κ3) is 5.71. The maximum Gasteiger partial charge on any atom is 0.0735 e. The molecule has 0 atom stereocenters. The van der Waals surface area contributed by atoms with Gasteiger partial charge in [0.1, 0.15) is 0 Å². The Balaban J connectivity index is 0.992. The van der Waals surface area contributed by atoms with E-state index in [0.29, 0.717) is 0 Å². The molecule has 61 heavy (non-hydrogen) atoms. The molecular weight excluding hydrogens is 755 g/mol. The van der Waals surface area contributed by atoms with Crippen LogP contribution in [0.25, 0.3) is 55.3 Å². The molecule has 0 aromatic heterocycles. The second-order valence-electron chi connectivity index (χ2n) is 16.0. The van der Waals surface area contributed by atoms with E-state index in [-0.39, 0.29) is 0 Å². The highest BCUT2D eigenvalue weighted by Crippen LogP contribution is 2.63. The van der Waals surface area contributed by atoms with E-state index in [0.717, 1.165) is 17.1 Å². The van der Waals surface area contributed by atoms with Crippen molar-refractivity contribution in [2.24, 2.45) is 0 Å². The minimum Gasteiger partial charge on any atom is -0.311 e. The Hall–Kier alpha value is -7.39. The Morgan fingerprint density at radius 1 is 0.311 bits per heavy atom. The van der Waals surface area contributed by atoms with Gasteiger partial charge in [0.15, 0.2) is 0 Å². The summed E-state index contributed by atoms with van der Waals surface area (Å²) in [4.78, 5) is 4.99. The molecule has 10 aromatic carbocycles. The maximum absolute atomic E-state index is 2.49. The molecule has 0 N–H and O–H groups in total. The van der Waals surface area contributed by atoms with Crippen LogP contribution in [0.4, 0.5) is 17.1 Å². The van der Waals surface area contributed by atoms with E-state index >= 15 is 0 Å². The van der Waals surface area contributed by atoms with E-state index in [1.165, 1.54) is 87.3 Å². The minimum absolute atomic E-state index is 0.447. The molecule has 2 heteroatoms. The Bertz CT molecular complexity index is 3110. The van der Waals surface area contributed by atoms with Gasteiger partial charge in [0.25, 0.3) is 0 Å². The third-order valence-corrected chi connectivity index (χ3v) is 13.9. The monoisotopic (exact) mass is 793 g/mol. The number of fused-ring (bicyclic) bond motifs is 11. The maximum atomic E-state index is 2.49. The Morgan fingerprint density at radius 3 is 1.31 bits per heavy atom. The van der Waals surface area contributed by atoms with Gasteiger partial charge < -0.3 is 4.90 Å². The SMILES string of the molecule is c1ccc(-c2ccc(N(c3ccc(-c4ccccc4)cc3)c3ccc(-c4ccc5c(c4)C4(c6ccccc6Sc6ccccc64)c4ccc6ccccc6c4-5)cc3)cc2)cc1. The molecular formula is C59H39NS. The second-order valence-corrected chi connectivity index (χ2v) is 17.1. The van der Waals surface area contributed by atoms with Crippen LogP contribution in [0.5, 0.6) is 0 Å². The van der Waals surface area contributed by atoms with Crippen molar-refractivity contribution >= 4 is 39.6 Å². The Kier molecular flexibility index (Phi) is 8.40. The number of hydrogen-bond donors (Lipinski definition) is 0. The molecule has 0 bridgehead atoms. The first-order valence-corrected chi connectivity index (χ1v) is 21.8. The van der Waals surface area contributed by atoms with Crippen molar-refractivity contribution in [1.29, 1.82) is 0 Å². The van der Waals surface area contributed by atoms with E-state index < -0.39 is 5.41 Å². The zero-order chi connectivity index (χ0) is 40.3. The fourth-order valence-corrected chi connectivity index (χ4v) is 11.2. The van der Waals surface area contributed by atoms with E-state index in [2.05, 4.69) is 241 Å². The lowest BCUT2D eigenvalue weighted by Gasteiger charge is -2.39. The van der Waals surface area contributed by atoms with E-state index in [1.54, 1.807) is 0 Å². The third-order valence-electron chi connectivity index (χ3n) is 12.8. The summed E-state index contributed by atoms with van der Waals surface area (Å²) in [6.45, 7) is 0. The molecule has 0 saturated heterocycles. The highest BCUT2D eigenvalue weighted by molar-refractivity contribution is 7.99. The Morgan fingerprint density at radius 2 is 0.754 bits per heavy atom. The van der Waals surface area contributed by atoms with Crippen molar-refractivity contribution in [3.8, 4) is 44.5 Å². The van der Waals surface area contributed by atoms with Crippen molar-refractivity contribution in [3.63, 3.8) is 0 Å². The minimum atomic E-state index is -0.447. The first kappa shape index (κ1) is 35.5. The van der Waals surface area contributed by atoms with E-state index in [1.807, 2.05) is 11.8 Å². The molecule has 2 aliphatic rings. The summed E-state index contributed by atoms with van der Waals surface area (Å²) in [6.07, 6.45) is 0. The fourth-order valence-electron chi connectivity index (χ4n) is 9.96. The summed E-state index contributed by atoms with van der Waals surface area (Å²) in [6, 6.07) is 87.1. The Labute approximate surface area is 361 Å². The highest BCUT2D eigenvalue weighted by Gasteiger charge is 2.50. The molecule has 1 spiro atoms. The molecule has 1 nitrogen and oxygen atoms in total. The largest absolute Gasteiger partial charge is 0.311 e. The smallest absolute Gasteiger partial charge is 0.0735 e. The van der Waals surface area contributed by atoms with Crippen LogP contribution in [-0.2, 0) is 5.41 Å². The number of hydrogen-bond acceptors (Lipinski definition) is 2. The quantitative estimate of drug-likeness (QED) is 0.165. The molecule has 1 heterocycles. The van der Waals surface area contributed by atoms with Crippen molar-refractivity contribution in [1.82, 2.24) is 0 Å². The lowest BCUT2D eigenvalue weighted by Crippen LogP contribution is -2.32. The molecule has 286 valence electrons. The normalized spacial score (nSPS) is 13.0. The van der Waals surface area contributed by atoms with Crippen molar-refractivity contribution < 1.29 is 0 Å². The predicted molar refractivity (Wildman–Crippen MR) is 256 cm³/mol. The van der Waals surface area contributed by atoms with Gasteiger partial charge in [-0.3, -0.25) is 0 Å². The van der Waals surface area contributed by atoms with Crippen LogP contribution in [0.3, 0.4) is 0 Å². The number of rotatable bonds is 6. The van der Waals surface area contributed by atoms with E-state index in [9.17, 15) is 0 Å². The fraction of sp³-hybridized carbons (Fsp3) is 0.0169. The zero-order valence-electron chi connectivity index (χ0n) is 33.4. The molecule has 0 fully saturated rings. The van der Waals surface area contributed by atoms with Crippen LogP contribution in [-0.4, -0.2) is 0 Å². The van der Waals surface area contributed by atoms with Gasteiger partial charge in [0.05, 0.1) is 5.41 Å². The lowest BCUT2D eigenvalue weighted by molar-refractivity contribution is 0.723. The van der Waals surface area contributed by atoms with Gasteiger partial charge in [-0.25, -0.2) is 0 Å². The molecule has 0 saturated carbocycles. The van der Waals surface area contributed by atoms with Crippen molar-refractivity contribution in [2.45, 2.75) is 15.2 Å². The number of nitrogens with zero attached hydrogens (tertiary/aromatic N) is 1. The predicted octanol–water partition coefficient (Wildman–Crippen LogP) is 16.1. The first-order valence-electron chi connectivity index (χ1n) is 21.0. The second kappa shape index (κ2) is 14.4. The topological polar surface area (TPSA) is 3.24 Å². The summed E-state index contributed by atoms with van der Waals surface area (Å²) < 4.78 is 0. The molecule has 10 aromatic rings. The van der Waals surface area contributed by atoms with Crippen LogP contribution in [0.15, 0.2) is 246 Å². The summed E-state index contributed by atoms with van der Waals surface area (Å²) >= 11 is 1.89. The standard InChI is InChI=1S/C59H39NS/c1-3-13-40(14-4-1)42-23-31-47(32-24-42)60(48-33-25-43(26-34-48)41-15-5-2-6-16-41)49-35-27-44(28-36-49)46-29-37-51-55(39-46)59(54-38-30-45-17-7-8-18-50(45)58(51)54)52-19-9-11-21-56(52)61-57-22-12-10-20-53(57)59/h1-39H. The lowest BCUT2D eigenvalue weighted by atomic mass is 9.67. The highest BCUT2D eigenvalue weighted by atomic mass is 32.2. The molecule has 1 aliphatic heterocycles. The van der Waals surface area contributed by atoms with Crippen LogP contribution in [0.2, 0.25) is 0 Å². The molecule has 12 rings (SSSR count). The van der Waals surface area contributed by atoms with Crippen LogP contribution >= 0.6 is 11.8 Å². The van der Waals surface area contributed by atoms with Gasteiger partial charge in [-0.2, -0.15) is 0 Å². The van der Waals surface area contributed by atoms with Gasteiger partial charge >= 0.3 is 0 Å². The van der Waals surface area contributed by atoms with E-state index in [4.69, 9.17) is 0 Å². The average Bonchev–Trinajstić information content (AvgIpc) is 3.63. The summed E-state index contributed by atoms with van der Waals surface area (Å²) in [5.41, 5.74) is 18.2. The molecule has 0 radical (unpaired) electrons. The summed E-state index contributed by atoms with van der Waals surface area (Å²) in [7, 11) is 0.